The van der Waals surface area contributed by atoms with Crippen LogP contribution in [0.25, 0.3) is 6.08 Å². The molecule has 0 atom stereocenters. The van der Waals surface area contributed by atoms with Crippen LogP contribution in [0.5, 0.6) is 17.2 Å². The Morgan fingerprint density at radius 1 is 0.946 bits per heavy atom. The molecule has 0 unspecified atom stereocenters. The predicted octanol–water partition coefficient (Wildman–Crippen LogP) is 7.39. The smallest absolute Gasteiger partial charge is 0.293 e. The van der Waals surface area contributed by atoms with Gasteiger partial charge in [0.1, 0.15) is 19.0 Å². The highest BCUT2D eigenvalue weighted by Gasteiger charge is 2.34. The zero-order valence-electron chi connectivity index (χ0n) is 20.3. The van der Waals surface area contributed by atoms with E-state index in [2.05, 4.69) is 0 Å². The number of nitrogens with zero attached hydrogens (tertiary/aromatic N) is 1. The quantitative estimate of drug-likeness (QED) is 0.242. The third-order valence-corrected chi connectivity index (χ3v) is 6.90. The molecular weight excluding hydrogens is 533 g/mol. The number of rotatable bonds is 10. The fourth-order valence-electron chi connectivity index (χ4n) is 3.60. The summed E-state index contributed by atoms with van der Waals surface area (Å²) < 4.78 is 17.4. The Hall–Kier alpha value is -3.13. The summed E-state index contributed by atoms with van der Waals surface area (Å²) >= 11 is 13.1. The van der Waals surface area contributed by atoms with E-state index in [1.165, 1.54) is 4.90 Å². The van der Waals surface area contributed by atoms with Gasteiger partial charge in [-0.3, -0.25) is 14.5 Å². The van der Waals surface area contributed by atoms with Crippen LogP contribution in [0.3, 0.4) is 0 Å². The van der Waals surface area contributed by atoms with Crippen molar-refractivity contribution >= 4 is 52.2 Å². The first-order chi connectivity index (χ1) is 17.8. The number of carbonyl (C=O) groups is 2. The van der Waals surface area contributed by atoms with E-state index in [9.17, 15) is 9.59 Å². The molecule has 0 aliphatic carbocycles. The minimum atomic E-state index is -0.349. The van der Waals surface area contributed by atoms with Crippen molar-refractivity contribution in [2.24, 2.45) is 0 Å². The van der Waals surface area contributed by atoms with E-state index < -0.39 is 0 Å². The van der Waals surface area contributed by atoms with Crippen LogP contribution in [-0.4, -0.2) is 35.8 Å². The maximum absolute atomic E-state index is 12.9. The van der Waals surface area contributed by atoms with Gasteiger partial charge in [0.15, 0.2) is 11.5 Å². The highest BCUT2D eigenvalue weighted by molar-refractivity contribution is 8.18. The van der Waals surface area contributed by atoms with Crippen LogP contribution in [0.1, 0.15) is 23.6 Å². The van der Waals surface area contributed by atoms with E-state index in [0.717, 1.165) is 22.9 Å². The number of carbonyl (C=O) groups excluding carboxylic acids is 2. The molecule has 4 rings (SSSR count). The third kappa shape index (κ3) is 7.01. The Morgan fingerprint density at radius 3 is 2.54 bits per heavy atom. The van der Waals surface area contributed by atoms with Crippen LogP contribution < -0.4 is 14.2 Å². The van der Waals surface area contributed by atoms with Gasteiger partial charge in [-0.15, -0.1) is 0 Å². The van der Waals surface area contributed by atoms with E-state index in [-0.39, 0.29) is 30.9 Å². The van der Waals surface area contributed by atoms with E-state index in [1.54, 1.807) is 42.5 Å². The molecule has 0 spiro atoms. The summed E-state index contributed by atoms with van der Waals surface area (Å²) in [6, 6.07) is 18.2. The fraction of sp³-hybridized carbons (Fsp3) is 0.214. The van der Waals surface area contributed by atoms with Crippen molar-refractivity contribution in [3.8, 4) is 17.2 Å². The summed E-state index contributed by atoms with van der Waals surface area (Å²) in [5, 5.41) is 0.743. The summed E-state index contributed by atoms with van der Waals surface area (Å²) in [5.41, 5.74) is 2.57. The lowest BCUT2D eigenvalue weighted by Crippen LogP contribution is -2.32. The molecule has 0 saturated carbocycles. The van der Waals surface area contributed by atoms with Crippen molar-refractivity contribution < 1.29 is 23.8 Å². The molecule has 1 aliphatic heterocycles. The van der Waals surface area contributed by atoms with Crippen molar-refractivity contribution in [1.29, 1.82) is 0 Å². The van der Waals surface area contributed by atoms with Crippen LogP contribution >= 0.6 is 35.0 Å². The largest absolute Gasteiger partial charge is 0.492 e. The Balaban J connectivity index is 1.42. The molecule has 1 aliphatic rings. The van der Waals surface area contributed by atoms with E-state index in [1.807, 2.05) is 38.1 Å². The van der Waals surface area contributed by atoms with E-state index in [0.29, 0.717) is 44.4 Å². The van der Waals surface area contributed by atoms with Gasteiger partial charge in [-0.2, -0.15) is 0 Å². The molecule has 9 heteroatoms. The van der Waals surface area contributed by atoms with Crippen LogP contribution in [0.4, 0.5) is 4.79 Å². The molecule has 192 valence electrons. The topological polar surface area (TPSA) is 65.1 Å². The monoisotopic (exact) mass is 557 g/mol. The van der Waals surface area contributed by atoms with Gasteiger partial charge in [-0.1, -0.05) is 47.5 Å². The average molecular weight is 558 g/mol. The number of benzene rings is 3. The van der Waals surface area contributed by atoms with Crippen molar-refractivity contribution in [2.75, 3.05) is 19.8 Å². The van der Waals surface area contributed by atoms with Gasteiger partial charge in [0.25, 0.3) is 11.1 Å². The maximum Gasteiger partial charge on any atom is 0.293 e. The van der Waals surface area contributed by atoms with Gasteiger partial charge in [0, 0.05) is 15.6 Å². The summed E-state index contributed by atoms with van der Waals surface area (Å²) in [7, 11) is 0. The van der Waals surface area contributed by atoms with Crippen LogP contribution in [0, 0.1) is 6.92 Å². The molecule has 2 amide bonds. The fourth-order valence-corrected chi connectivity index (χ4v) is 4.93. The zero-order valence-corrected chi connectivity index (χ0v) is 22.7. The summed E-state index contributed by atoms with van der Waals surface area (Å²) in [4.78, 5) is 26.9. The molecule has 1 heterocycles. The molecule has 1 fully saturated rings. The first-order valence-electron chi connectivity index (χ1n) is 11.6. The van der Waals surface area contributed by atoms with Gasteiger partial charge in [-0.25, -0.2) is 0 Å². The molecule has 0 radical (unpaired) electrons. The van der Waals surface area contributed by atoms with Gasteiger partial charge in [0.05, 0.1) is 18.1 Å². The van der Waals surface area contributed by atoms with Crippen molar-refractivity contribution in [2.45, 2.75) is 20.5 Å². The van der Waals surface area contributed by atoms with Crippen molar-refractivity contribution in [1.82, 2.24) is 4.90 Å². The summed E-state index contributed by atoms with van der Waals surface area (Å²) in [6.07, 6.45) is 1.68. The number of amides is 2. The van der Waals surface area contributed by atoms with Gasteiger partial charge >= 0.3 is 0 Å². The number of imide groups is 1. The zero-order chi connectivity index (χ0) is 26.4. The van der Waals surface area contributed by atoms with Crippen LogP contribution in [0.15, 0.2) is 65.6 Å². The number of aryl methyl sites for hydroxylation is 1. The SMILES string of the molecule is CCOc1cc(/C=C2\SC(=O)N(CCOc3cccc(C)c3)C2=O)ccc1OCc1ccc(Cl)cc1Cl. The lowest BCUT2D eigenvalue weighted by molar-refractivity contribution is -0.123. The Labute approximate surface area is 230 Å². The van der Waals surface area contributed by atoms with Gasteiger partial charge in [-0.05, 0) is 79.2 Å². The molecule has 0 aromatic heterocycles. The van der Waals surface area contributed by atoms with Crippen LogP contribution in [-0.2, 0) is 11.4 Å². The lowest BCUT2D eigenvalue weighted by Gasteiger charge is -2.14. The standard InChI is InChI=1S/C28H25Cl2NO5S/c1-3-34-25-14-19(7-10-24(25)36-17-20-8-9-21(29)16-23(20)30)15-26-27(32)31(28(33)37-26)11-12-35-22-6-4-5-18(2)13-22/h4-10,13-16H,3,11-12,17H2,1-2H3/b26-15-. The normalized spacial score (nSPS) is 14.4. The predicted molar refractivity (Wildman–Crippen MR) is 148 cm³/mol. The second-order valence-corrected chi connectivity index (χ2v) is 10.00. The molecule has 0 bridgehead atoms. The second kappa shape index (κ2) is 12.4. The highest BCUT2D eigenvalue weighted by atomic mass is 35.5. The van der Waals surface area contributed by atoms with Crippen molar-refractivity contribution in [3.63, 3.8) is 0 Å². The Kier molecular flexibility index (Phi) is 9.03. The van der Waals surface area contributed by atoms with E-state index in [4.69, 9.17) is 37.4 Å². The molecular formula is C28H25Cl2NO5S. The number of hydrogen-bond acceptors (Lipinski definition) is 6. The van der Waals surface area contributed by atoms with Crippen molar-refractivity contribution in [3.05, 3.63) is 92.3 Å². The maximum atomic E-state index is 12.9. The highest BCUT2D eigenvalue weighted by Crippen LogP contribution is 2.35. The molecule has 3 aromatic rings. The average Bonchev–Trinajstić information content (AvgIpc) is 3.12. The number of thioether (sulfide) groups is 1. The second-order valence-electron chi connectivity index (χ2n) is 8.16. The molecule has 1 saturated heterocycles. The van der Waals surface area contributed by atoms with Gasteiger partial charge < -0.3 is 14.2 Å². The summed E-state index contributed by atoms with van der Waals surface area (Å²) in [5.74, 6) is 1.41. The number of ether oxygens (including phenoxy) is 3. The first-order valence-corrected chi connectivity index (χ1v) is 13.2. The number of hydrogen-bond donors (Lipinski definition) is 0. The molecule has 0 N–H and O–H groups in total. The Morgan fingerprint density at radius 2 is 1.78 bits per heavy atom. The van der Waals surface area contributed by atoms with E-state index >= 15 is 0 Å². The first kappa shape index (κ1) is 26.9. The molecule has 6 nitrogen and oxygen atoms in total. The van der Waals surface area contributed by atoms with Crippen LogP contribution in [0.2, 0.25) is 10.0 Å². The lowest BCUT2D eigenvalue weighted by atomic mass is 10.1. The minimum Gasteiger partial charge on any atom is -0.492 e. The molecule has 3 aromatic carbocycles. The third-order valence-electron chi connectivity index (χ3n) is 5.41. The number of halogens is 2. The molecule has 37 heavy (non-hydrogen) atoms. The minimum absolute atomic E-state index is 0.167. The van der Waals surface area contributed by atoms with Gasteiger partial charge in [0.2, 0.25) is 0 Å². The Bertz CT molecular complexity index is 1340. The summed E-state index contributed by atoms with van der Waals surface area (Å²) in [6.45, 7) is 4.89.